The van der Waals surface area contributed by atoms with E-state index in [1.54, 1.807) is 6.92 Å². The standard InChI is InChI=1S/C53H86O24/c1-22(2)9-8-15-53(69,48(68)77-45-40(65)37(62)34(59)28(20-55)73-45)25-12-17-50(5)24(25)10-11-29-49(4)16-14-31(52(7,47(66)67)30(49)13-18-51(29,50)6)74-46-42(76-43-38(63)35(60)32(57)23(3)71-43)41(26(56)21-70-46)75-44-39(64)36(61)33(58)27(19-54)72-44/h9,23-46,54-65,69H,8,10-21H2,1-7H3,(H,66,67)/t23-,24+,25-,26-,27+,28+,29+,30+,31-,32-,33+,34+,35+,36-,37-,38+,39+,40+,41-,42+,43-,44-,45-,46-,49+,50+,51+,52+,53-/m0/s1. The van der Waals surface area contributed by atoms with Crippen LogP contribution in [-0.4, -0.2) is 232 Å². The zero-order valence-corrected chi connectivity index (χ0v) is 45.0. The summed E-state index contributed by atoms with van der Waals surface area (Å²) < 4.78 is 47.8. The molecule has 29 atom stereocenters. The molecule has 0 unspecified atom stereocenters. The zero-order valence-electron chi connectivity index (χ0n) is 45.0. The Labute approximate surface area is 447 Å². The SMILES string of the molecule is CC(C)=CCC[C@@](O)(C(=O)O[C@@H]1O[C@H](CO)[C@@H](O)[C@H](O)[C@H]1O)[C@H]1CC[C@]2(C)[C@@H]1CC[C@@H]1[C@@]3(C)CC[C@H](O[C@@H]4OC[C@H](O)[C@H](O[C@@H]5O[C@H](CO)[C@@H](O)[C@H](O)[C@H]5O)[C@H]4O[C@@H]4O[C@@H](C)[C@H](O)[C@@H](O)[C@H]4O)[C@](C)(C(=O)O)[C@@H]3CC[C@]12C. The Morgan fingerprint density at radius 1 is 0.623 bits per heavy atom. The van der Waals surface area contributed by atoms with Crippen LogP contribution in [0.25, 0.3) is 0 Å². The van der Waals surface area contributed by atoms with Gasteiger partial charge >= 0.3 is 11.9 Å². The van der Waals surface area contributed by atoms with Gasteiger partial charge in [0.25, 0.3) is 0 Å². The molecule has 8 fully saturated rings. The van der Waals surface area contributed by atoms with Gasteiger partial charge in [-0.25, -0.2) is 4.79 Å². The lowest BCUT2D eigenvalue weighted by molar-refractivity contribution is -0.388. The molecule has 24 heteroatoms. The molecule has 8 aliphatic rings. The fraction of sp³-hybridized carbons (Fsp3) is 0.925. The molecule has 4 aliphatic carbocycles. The number of carboxylic acid groups (broad SMARTS) is 1. The molecule has 4 heterocycles. The van der Waals surface area contributed by atoms with Crippen LogP contribution in [0.1, 0.15) is 113 Å². The Hall–Kier alpha value is -2.12. The molecule has 77 heavy (non-hydrogen) atoms. The van der Waals surface area contributed by atoms with Gasteiger partial charge in [-0.3, -0.25) is 4.79 Å². The summed E-state index contributed by atoms with van der Waals surface area (Å²) >= 11 is 0. The molecule has 4 saturated heterocycles. The predicted octanol–water partition coefficient (Wildman–Crippen LogP) is -1.94. The lowest BCUT2D eigenvalue weighted by Gasteiger charge is -2.69. The van der Waals surface area contributed by atoms with Crippen molar-refractivity contribution in [2.45, 2.75) is 241 Å². The fourth-order valence-corrected chi connectivity index (χ4v) is 15.8. The number of hydrogen-bond acceptors (Lipinski definition) is 23. The second-order valence-electron chi connectivity index (χ2n) is 24.8. The number of allylic oxidation sites excluding steroid dienone is 2. The molecular weight excluding hydrogens is 1020 g/mol. The number of carbonyl (C=O) groups excluding carboxylic acids is 1. The molecule has 4 saturated carbocycles. The van der Waals surface area contributed by atoms with Crippen LogP contribution in [-0.2, 0) is 47.5 Å². The van der Waals surface area contributed by atoms with Crippen molar-refractivity contribution in [3.63, 3.8) is 0 Å². The number of rotatable bonds is 15. The van der Waals surface area contributed by atoms with E-state index in [9.17, 15) is 81.1 Å². The van der Waals surface area contributed by atoms with E-state index < -0.39 is 194 Å². The van der Waals surface area contributed by atoms with Gasteiger partial charge in [-0.15, -0.1) is 0 Å². The number of hydrogen-bond donors (Lipinski definition) is 14. The lowest BCUT2D eigenvalue weighted by atomic mass is 9.35. The molecule has 24 nitrogen and oxygen atoms in total. The van der Waals surface area contributed by atoms with Crippen molar-refractivity contribution < 1.29 is 119 Å². The molecule has 8 rings (SSSR count). The topological polar surface area (TPSA) is 391 Å². The fourth-order valence-electron chi connectivity index (χ4n) is 15.8. The average molecular weight is 1110 g/mol. The van der Waals surface area contributed by atoms with E-state index in [1.165, 1.54) is 6.92 Å². The van der Waals surface area contributed by atoms with E-state index in [0.717, 1.165) is 5.57 Å². The molecule has 0 radical (unpaired) electrons. The van der Waals surface area contributed by atoms with E-state index >= 15 is 0 Å². The number of aliphatic hydroxyl groups is 13. The van der Waals surface area contributed by atoms with Gasteiger partial charge in [0, 0.05) is 5.92 Å². The smallest absolute Gasteiger partial charge is 0.340 e. The monoisotopic (exact) mass is 1110 g/mol. The van der Waals surface area contributed by atoms with Gasteiger partial charge in [0.05, 0.1) is 37.4 Å². The van der Waals surface area contributed by atoms with Crippen molar-refractivity contribution in [1.29, 1.82) is 0 Å². The summed E-state index contributed by atoms with van der Waals surface area (Å²) in [6.45, 7) is 11.4. The van der Waals surface area contributed by atoms with Crippen LogP contribution < -0.4 is 0 Å². The number of carbonyl (C=O) groups is 2. The molecule has 0 bridgehead atoms. The van der Waals surface area contributed by atoms with Gasteiger partial charge in [-0.1, -0.05) is 32.4 Å². The molecule has 14 N–H and O–H groups in total. The van der Waals surface area contributed by atoms with Gasteiger partial charge in [-0.2, -0.15) is 0 Å². The quantitative estimate of drug-likeness (QED) is 0.0482. The van der Waals surface area contributed by atoms with E-state index in [-0.39, 0.29) is 24.7 Å². The van der Waals surface area contributed by atoms with Crippen LogP contribution in [0.3, 0.4) is 0 Å². The first-order chi connectivity index (χ1) is 36.0. The Bertz CT molecular complexity index is 2090. The molecule has 0 aromatic rings. The normalized spacial score (nSPS) is 51.8. The number of esters is 1. The molecule has 442 valence electrons. The molecular formula is C53H86O24. The molecule has 0 amide bonds. The number of carboxylic acids is 1. The summed E-state index contributed by atoms with van der Waals surface area (Å²) in [7, 11) is 0. The highest BCUT2D eigenvalue weighted by Gasteiger charge is 2.72. The van der Waals surface area contributed by atoms with Crippen LogP contribution in [0.15, 0.2) is 11.6 Å². The number of ether oxygens (including phenoxy) is 8. The summed E-state index contributed by atoms with van der Waals surface area (Å²) in [5.74, 6) is -3.62. The van der Waals surface area contributed by atoms with Gasteiger partial charge in [0.15, 0.2) is 24.5 Å². The minimum atomic E-state index is -2.09. The first-order valence-corrected chi connectivity index (χ1v) is 27.4. The summed E-state index contributed by atoms with van der Waals surface area (Å²) in [6.07, 6.45) is -26.8. The van der Waals surface area contributed by atoms with Crippen LogP contribution in [0.5, 0.6) is 0 Å². The van der Waals surface area contributed by atoms with Crippen molar-refractivity contribution in [1.82, 2.24) is 0 Å². The Morgan fingerprint density at radius 2 is 1.18 bits per heavy atom. The predicted molar refractivity (Wildman–Crippen MR) is 261 cm³/mol. The van der Waals surface area contributed by atoms with E-state index in [0.29, 0.717) is 51.4 Å². The second kappa shape index (κ2) is 22.9. The third kappa shape index (κ3) is 10.4. The van der Waals surface area contributed by atoms with Crippen LogP contribution >= 0.6 is 0 Å². The van der Waals surface area contributed by atoms with Crippen molar-refractivity contribution in [3.8, 4) is 0 Å². The summed E-state index contributed by atoms with van der Waals surface area (Å²) in [5, 5.41) is 152. The molecule has 0 aromatic heterocycles. The van der Waals surface area contributed by atoms with Gasteiger partial charge in [0.2, 0.25) is 6.29 Å². The Balaban J connectivity index is 1.06. The first kappa shape index (κ1) is 61.0. The highest BCUT2D eigenvalue weighted by Crippen LogP contribution is 2.76. The summed E-state index contributed by atoms with van der Waals surface area (Å²) in [5.41, 5.74) is -4.29. The highest BCUT2D eigenvalue weighted by molar-refractivity contribution is 5.80. The third-order valence-electron chi connectivity index (χ3n) is 20.5. The van der Waals surface area contributed by atoms with Crippen LogP contribution in [0.2, 0.25) is 0 Å². The van der Waals surface area contributed by atoms with Crippen molar-refractivity contribution in [2.75, 3.05) is 19.8 Å². The highest BCUT2D eigenvalue weighted by atomic mass is 16.8. The average Bonchev–Trinajstić information content (AvgIpc) is 3.99. The van der Waals surface area contributed by atoms with E-state index in [2.05, 4.69) is 20.8 Å². The van der Waals surface area contributed by atoms with Crippen molar-refractivity contribution >= 4 is 11.9 Å². The summed E-state index contributed by atoms with van der Waals surface area (Å²) in [4.78, 5) is 28.6. The number of aliphatic hydroxyl groups excluding tert-OH is 12. The van der Waals surface area contributed by atoms with Crippen LogP contribution in [0.4, 0.5) is 0 Å². The maximum Gasteiger partial charge on any atom is 0.340 e. The second-order valence-corrected chi connectivity index (χ2v) is 24.8. The van der Waals surface area contributed by atoms with E-state index in [1.807, 2.05) is 19.9 Å². The molecule has 0 spiro atoms. The minimum absolute atomic E-state index is 0.0291. The lowest BCUT2D eigenvalue weighted by Crippen LogP contribution is -2.68. The maximum atomic E-state index is 14.5. The number of fused-ring (bicyclic) bond motifs is 5. The zero-order chi connectivity index (χ0) is 56.6. The first-order valence-electron chi connectivity index (χ1n) is 27.4. The van der Waals surface area contributed by atoms with Crippen LogP contribution in [0, 0.1) is 45.3 Å². The van der Waals surface area contributed by atoms with E-state index in [4.69, 9.17) is 37.9 Å². The van der Waals surface area contributed by atoms with Crippen molar-refractivity contribution in [2.24, 2.45) is 45.3 Å². The Morgan fingerprint density at radius 3 is 1.78 bits per heavy atom. The largest absolute Gasteiger partial charge is 0.481 e. The molecule has 0 aromatic carbocycles. The van der Waals surface area contributed by atoms with Crippen molar-refractivity contribution in [3.05, 3.63) is 11.6 Å². The third-order valence-corrected chi connectivity index (χ3v) is 20.5. The van der Waals surface area contributed by atoms with Gasteiger partial charge < -0.3 is 109 Å². The summed E-state index contributed by atoms with van der Waals surface area (Å²) in [6, 6.07) is 0. The minimum Gasteiger partial charge on any atom is -0.481 e. The Kier molecular flexibility index (Phi) is 18.1. The van der Waals surface area contributed by atoms with Gasteiger partial charge in [0.1, 0.15) is 85.5 Å². The molecule has 4 aliphatic heterocycles. The van der Waals surface area contributed by atoms with Gasteiger partial charge in [-0.05, 0) is 126 Å². The maximum absolute atomic E-state index is 14.5. The number of aliphatic carboxylic acids is 1.